The second kappa shape index (κ2) is 6.67. The quantitative estimate of drug-likeness (QED) is 0.773. The number of allylic oxidation sites excluding steroid dienone is 1. The molecule has 1 amide bonds. The van der Waals surface area contributed by atoms with Gasteiger partial charge in [-0.15, -0.1) is 0 Å². The van der Waals surface area contributed by atoms with Crippen molar-refractivity contribution in [2.45, 2.75) is 20.3 Å². The first-order valence-corrected chi connectivity index (χ1v) is 5.42. The summed E-state index contributed by atoms with van der Waals surface area (Å²) in [7, 11) is 0. The van der Waals surface area contributed by atoms with E-state index in [1.54, 1.807) is 13.0 Å². The number of rotatable bonds is 5. The zero-order valence-electron chi connectivity index (χ0n) is 9.69. The number of nitrogens with one attached hydrogen (secondary N) is 1. The van der Waals surface area contributed by atoms with E-state index in [1.807, 2.05) is 24.3 Å². The van der Waals surface area contributed by atoms with Crippen LogP contribution in [0.25, 0.3) is 0 Å². The van der Waals surface area contributed by atoms with Crippen LogP contribution >= 0.6 is 0 Å². The lowest BCUT2D eigenvalue weighted by Gasteiger charge is -2.06. The van der Waals surface area contributed by atoms with E-state index in [9.17, 15) is 4.79 Å². The van der Waals surface area contributed by atoms with Gasteiger partial charge in [-0.25, -0.2) is 0 Å². The number of carbonyl (C=O) groups is 1. The Morgan fingerprint density at radius 1 is 1.38 bits per heavy atom. The van der Waals surface area contributed by atoms with Gasteiger partial charge < -0.3 is 10.1 Å². The number of hydrogen-bond acceptors (Lipinski definition) is 2. The highest BCUT2D eigenvalue weighted by Gasteiger charge is 1.97. The molecular weight excluding hydrogens is 202 g/mol. The van der Waals surface area contributed by atoms with Crippen molar-refractivity contribution in [2.75, 3.05) is 11.9 Å². The van der Waals surface area contributed by atoms with Crippen LogP contribution in [-0.2, 0) is 4.79 Å². The Kier molecular flexibility index (Phi) is 5.12. The van der Waals surface area contributed by atoms with E-state index < -0.39 is 0 Å². The van der Waals surface area contributed by atoms with Crippen LogP contribution in [0, 0.1) is 0 Å². The molecular formula is C13H17NO2. The van der Waals surface area contributed by atoms with Crippen LogP contribution in [0.15, 0.2) is 36.4 Å². The Morgan fingerprint density at radius 2 is 2.06 bits per heavy atom. The van der Waals surface area contributed by atoms with E-state index in [0.717, 1.165) is 17.9 Å². The summed E-state index contributed by atoms with van der Waals surface area (Å²) in [4.78, 5) is 11.2. The second-order valence-corrected chi connectivity index (χ2v) is 3.36. The summed E-state index contributed by atoms with van der Waals surface area (Å²) in [5, 5.41) is 2.74. The molecule has 0 saturated heterocycles. The molecule has 0 aliphatic carbocycles. The molecule has 16 heavy (non-hydrogen) atoms. The van der Waals surface area contributed by atoms with Crippen molar-refractivity contribution >= 4 is 11.6 Å². The third-order valence-corrected chi connectivity index (χ3v) is 1.91. The lowest BCUT2D eigenvalue weighted by atomic mass is 10.3. The number of ether oxygens (including phenoxy) is 1. The smallest absolute Gasteiger partial charge is 0.248 e. The van der Waals surface area contributed by atoms with Gasteiger partial charge in [-0.3, -0.25) is 4.79 Å². The van der Waals surface area contributed by atoms with Crippen molar-refractivity contribution in [1.29, 1.82) is 0 Å². The maximum absolute atomic E-state index is 11.2. The summed E-state index contributed by atoms with van der Waals surface area (Å²) in [6.45, 7) is 4.58. The Labute approximate surface area is 96.1 Å². The zero-order chi connectivity index (χ0) is 11.8. The molecule has 0 aromatic heterocycles. The lowest BCUT2D eigenvalue weighted by Crippen LogP contribution is -2.07. The fourth-order valence-electron chi connectivity index (χ4n) is 1.19. The van der Waals surface area contributed by atoms with Gasteiger partial charge in [0.15, 0.2) is 0 Å². The van der Waals surface area contributed by atoms with Crippen LogP contribution in [0.1, 0.15) is 20.3 Å². The normalized spacial score (nSPS) is 10.4. The van der Waals surface area contributed by atoms with E-state index >= 15 is 0 Å². The standard InChI is InChI=1S/C13H17NO2/c1-3-5-13(15)14-11-6-8-12(9-7-11)16-10-4-2/h3,5-9H,4,10H2,1-2H3,(H,14,15). The fraction of sp³-hybridized carbons (Fsp3) is 0.308. The van der Waals surface area contributed by atoms with Crippen LogP contribution in [0.3, 0.4) is 0 Å². The largest absolute Gasteiger partial charge is 0.494 e. The first-order valence-electron chi connectivity index (χ1n) is 5.42. The third-order valence-electron chi connectivity index (χ3n) is 1.91. The Morgan fingerprint density at radius 3 is 2.62 bits per heavy atom. The van der Waals surface area contributed by atoms with Crippen LogP contribution < -0.4 is 10.1 Å². The van der Waals surface area contributed by atoms with Gasteiger partial charge in [0.2, 0.25) is 5.91 Å². The predicted octanol–water partition coefficient (Wildman–Crippen LogP) is 2.99. The number of anilines is 1. The summed E-state index contributed by atoms with van der Waals surface area (Å²) >= 11 is 0. The van der Waals surface area contributed by atoms with E-state index in [4.69, 9.17) is 4.74 Å². The lowest BCUT2D eigenvalue weighted by molar-refractivity contribution is -0.111. The van der Waals surface area contributed by atoms with Crippen molar-refractivity contribution in [3.05, 3.63) is 36.4 Å². The number of amides is 1. The van der Waals surface area contributed by atoms with E-state index in [0.29, 0.717) is 6.61 Å². The first-order chi connectivity index (χ1) is 7.76. The summed E-state index contributed by atoms with van der Waals surface area (Å²) in [6, 6.07) is 7.35. The minimum absolute atomic E-state index is 0.121. The topological polar surface area (TPSA) is 38.3 Å². The molecule has 0 unspecified atom stereocenters. The molecule has 0 aliphatic heterocycles. The third kappa shape index (κ3) is 4.17. The molecule has 86 valence electrons. The van der Waals surface area contributed by atoms with Crippen molar-refractivity contribution < 1.29 is 9.53 Å². The summed E-state index contributed by atoms with van der Waals surface area (Å²) in [5.41, 5.74) is 0.770. The SMILES string of the molecule is CC=CC(=O)Nc1ccc(OCCC)cc1. The number of hydrogen-bond donors (Lipinski definition) is 1. The maximum atomic E-state index is 11.2. The summed E-state index contributed by atoms with van der Waals surface area (Å²) < 4.78 is 5.44. The molecule has 1 aromatic rings. The van der Waals surface area contributed by atoms with Crippen molar-refractivity contribution in [3.63, 3.8) is 0 Å². The molecule has 0 aliphatic rings. The van der Waals surface area contributed by atoms with Gasteiger partial charge in [0.05, 0.1) is 6.61 Å². The Bertz CT molecular complexity index is 355. The molecule has 1 aromatic carbocycles. The van der Waals surface area contributed by atoms with Gasteiger partial charge >= 0.3 is 0 Å². The molecule has 3 heteroatoms. The molecule has 1 N–H and O–H groups in total. The van der Waals surface area contributed by atoms with Crippen LogP contribution in [0.2, 0.25) is 0 Å². The van der Waals surface area contributed by atoms with Gasteiger partial charge in [0.25, 0.3) is 0 Å². The van der Waals surface area contributed by atoms with E-state index in [2.05, 4.69) is 12.2 Å². The molecule has 3 nitrogen and oxygen atoms in total. The van der Waals surface area contributed by atoms with E-state index in [-0.39, 0.29) is 5.91 Å². The number of carbonyl (C=O) groups excluding carboxylic acids is 1. The maximum Gasteiger partial charge on any atom is 0.248 e. The van der Waals surface area contributed by atoms with Crippen molar-refractivity contribution in [2.24, 2.45) is 0 Å². The molecule has 0 bridgehead atoms. The monoisotopic (exact) mass is 219 g/mol. The highest BCUT2D eigenvalue weighted by molar-refractivity contribution is 5.99. The van der Waals surface area contributed by atoms with Crippen LogP contribution in [-0.4, -0.2) is 12.5 Å². The Balaban J connectivity index is 2.54. The van der Waals surface area contributed by atoms with Gasteiger partial charge in [0, 0.05) is 5.69 Å². The predicted molar refractivity (Wildman–Crippen MR) is 65.7 cm³/mol. The summed E-state index contributed by atoms with van der Waals surface area (Å²) in [5.74, 6) is 0.704. The molecule has 0 saturated carbocycles. The molecule has 0 radical (unpaired) electrons. The van der Waals surface area contributed by atoms with Gasteiger partial charge in [0.1, 0.15) is 5.75 Å². The molecule has 0 fully saturated rings. The fourth-order valence-corrected chi connectivity index (χ4v) is 1.19. The van der Waals surface area contributed by atoms with Gasteiger partial charge in [-0.2, -0.15) is 0 Å². The molecule has 0 atom stereocenters. The van der Waals surface area contributed by atoms with Gasteiger partial charge in [-0.1, -0.05) is 13.0 Å². The number of benzene rings is 1. The molecule has 0 spiro atoms. The van der Waals surface area contributed by atoms with Crippen LogP contribution in [0.4, 0.5) is 5.69 Å². The highest BCUT2D eigenvalue weighted by Crippen LogP contribution is 2.15. The Hall–Kier alpha value is -1.77. The molecule has 0 heterocycles. The average molecular weight is 219 g/mol. The minimum Gasteiger partial charge on any atom is -0.494 e. The first kappa shape index (κ1) is 12.3. The second-order valence-electron chi connectivity index (χ2n) is 3.36. The minimum atomic E-state index is -0.121. The average Bonchev–Trinajstić information content (AvgIpc) is 2.28. The van der Waals surface area contributed by atoms with E-state index in [1.165, 1.54) is 6.08 Å². The molecule has 1 rings (SSSR count). The van der Waals surface area contributed by atoms with Crippen molar-refractivity contribution in [1.82, 2.24) is 0 Å². The summed E-state index contributed by atoms with van der Waals surface area (Å²) in [6.07, 6.45) is 4.18. The zero-order valence-corrected chi connectivity index (χ0v) is 9.69. The van der Waals surface area contributed by atoms with Gasteiger partial charge in [-0.05, 0) is 43.7 Å². The van der Waals surface area contributed by atoms with Crippen molar-refractivity contribution in [3.8, 4) is 5.75 Å². The van der Waals surface area contributed by atoms with Crippen LogP contribution in [0.5, 0.6) is 5.75 Å². The highest BCUT2D eigenvalue weighted by atomic mass is 16.5.